The van der Waals surface area contributed by atoms with E-state index in [2.05, 4.69) is 10.4 Å². The van der Waals surface area contributed by atoms with Gasteiger partial charge in [0.2, 0.25) is 10.0 Å². The molecule has 1 fully saturated rings. The summed E-state index contributed by atoms with van der Waals surface area (Å²) in [5.74, 6) is -1.30. The molecule has 3 rings (SSSR count). The number of nitrogens with zero attached hydrogens (tertiary/aromatic N) is 4. The third kappa shape index (κ3) is 4.61. The smallest absolute Gasteiger partial charge is 0.324 e. The highest BCUT2D eigenvalue weighted by molar-refractivity contribution is 7.88. The van der Waals surface area contributed by atoms with Crippen LogP contribution in [0.4, 0.5) is 5.82 Å². The van der Waals surface area contributed by atoms with Crippen LogP contribution >= 0.6 is 0 Å². The van der Waals surface area contributed by atoms with Crippen LogP contribution in [0.1, 0.15) is 18.4 Å². The number of nitriles is 1. The zero-order valence-corrected chi connectivity index (χ0v) is 16.4. The maximum absolute atomic E-state index is 12.3. The number of anilines is 1. The largest absolute Gasteiger partial charge is 0.454 e. The predicted octanol–water partition coefficient (Wildman–Crippen LogP) is 0.650. The molecular formula is C18H19N5O5S. The SMILES string of the molecule is CS(=O)(=O)N1CCC[C@H]1C(=O)OCC(=O)Nc1c(C#N)cnn1-c1ccccc1. The lowest BCUT2D eigenvalue weighted by atomic mass is 10.2. The van der Waals surface area contributed by atoms with E-state index in [1.165, 1.54) is 10.9 Å². The Labute approximate surface area is 167 Å². The average Bonchev–Trinajstić information content (AvgIpc) is 3.34. The molecule has 0 unspecified atom stereocenters. The first-order chi connectivity index (χ1) is 13.8. The summed E-state index contributed by atoms with van der Waals surface area (Å²) in [6.07, 6.45) is 3.23. The Morgan fingerprint density at radius 2 is 2.07 bits per heavy atom. The van der Waals surface area contributed by atoms with Gasteiger partial charge >= 0.3 is 5.97 Å². The normalized spacial score (nSPS) is 16.9. The van der Waals surface area contributed by atoms with E-state index >= 15 is 0 Å². The first kappa shape index (κ1) is 20.5. The molecule has 1 aromatic heterocycles. The second kappa shape index (κ2) is 8.42. The van der Waals surface area contributed by atoms with Crippen LogP contribution in [0.15, 0.2) is 36.5 Å². The highest BCUT2D eigenvalue weighted by atomic mass is 32.2. The summed E-state index contributed by atoms with van der Waals surface area (Å²) >= 11 is 0. The molecule has 11 heteroatoms. The van der Waals surface area contributed by atoms with Crippen molar-refractivity contribution in [1.29, 1.82) is 5.26 Å². The van der Waals surface area contributed by atoms with Gasteiger partial charge in [-0.05, 0) is 25.0 Å². The summed E-state index contributed by atoms with van der Waals surface area (Å²) in [5, 5.41) is 15.9. The van der Waals surface area contributed by atoms with Crippen molar-refractivity contribution in [3.8, 4) is 11.8 Å². The maximum atomic E-state index is 12.3. The van der Waals surface area contributed by atoms with Crippen molar-refractivity contribution < 1.29 is 22.7 Å². The van der Waals surface area contributed by atoms with Gasteiger partial charge in [0.15, 0.2) is 12.4 Å². The molecule has 10 nitrogen and oxygen atoms in total. The third-order valence-electron chi connectivity index (χ3n) is 4.40. The molecule has 0 spiro atoms. The van der Waals surface area contributed by atoms with E-state index in [4.69, 9.17) is 4.74 Å². The fourth-order valence-corrected chi connectivity index (χ4v) is 4.20. The minimum absolute atomic E-state index is 0.146. The number of benzene rings is 1. The Kier molecular flexibility index (Phi) is 5.95. The van der Waals surface area contributed by atoms with E-state index in [1.54, 1.807) is 24.3 Å². The number of amides is 1. The van der Waals surface area contributed by atoms with Gasteiger partial charge in [0.25, 0.3) is 5.91 Å². The van der Waals surface area contributed by atoms with Crippen molar-refractivity contribution in [2.45, 2.75) is 18.9 Å². The molecule has 152 valence electrons. The maximum Gasteiger partial charge on any atom is 0.324 e. The average molecular weight is 417 g/mol. The lowest BCUT2D eigenvalue weighted by Gasteiger charge is -2.20. The minimum Gasteiger partial charge on any atom is -0.454 e. The highest BCUT2D eigenvalue weighted by Crippen LogP contribution is 2.22. The van der Waals surface area contributed by atoms with Crippen LogP contribution in [0.25, 0.3) is 5.69 Å². The molecule has 1 aromatic carbocycles. The summed E-state index contributed by atoms with van der Waals surface area (Å²) in [6.45, 7) is -0.371. The fraction of sp³-hybridized carbons (Fsp3) is 0.333. The number of rotatable bonds is 6. The monoisotopic (exact) mass is 417 g/mol. The van der Waals surface area contributed by atoms with E-state index in [0.717, 1.165) is 10.6 Å². The summed E-state index contributed by atoms with van der Waals surface area (Å²) < 4.78 is 31.0. The van der Waals surface area contributed by atoms with E-state index in [9.17, 15) is 23.3 Å². The third-order valence-corrected chi connectivity index (χ3v) is 5.68. The summed E-state index contributed by atoms with van der Waals surface area (Å²) in [4.78, 5) is 24.5. The molecule has 0 aliphatic carbocycles. The van der Waals surface area contributed by atoms with Crippen LogP contribution < -0.4 is 5.32 Å². The van der Waals surface area contributed by atoms with Crippen LogP contribution in [0, 0.1) is 11.3 Å². The van der Waals surface area contributed by atoms with E-state index in [1.807, 2.05) is 12.1 Å². The number of ether oxygens (including phenoxy) is 1. The Morgan fingerprint density at radius 1 is 1.34 bits per heavy atom. The Hall–Kier alpha value is -3.23. The molecular weight excluding hydrogens is 398 g/mol. The Balaban J connectivity index is 1.67. The number of sulfonamides is 1. The molecule has 1 N–H and O–H groups in total. The Morgan fingerprint density at radius 3 is 2.72 bits per heavy atom. The number of aromatic nitrogens is 2. The quantitative estimate of drug-likeness (QED) is 0.682. The number of carbonyl (C=O) groups excluding carboxylic acids is 2. The van der Waals surface area contributed by atoms with Crippen molar-refractivity contribution in [2.75, 3.05) is 24.7 Å². The molecule has 29 heavy (non-hydrogen) atoms. The second-order valence-corrected chi connectivity index (χ2v) is 8.39. The zero-order chi connectivity index (χ0) is 21.0. The predicted molar refractivity (Wildman–Crippen MR) is 102 cm³/mol. The van der Waals surface area contributed by atoms with Crippen molar-refractivity contribution in [3.05, 3.63) is 42.1 Å². The summed E-state index contributed by atoms with van der Waals surface area (Å²) in [7, 11) is -3.54. The van der Waals surface area contributed by atoms with E-state index in [-0.39, 0.29) is 17.9 Å². The van der Waals surface area contributed by atoms with Gasteiger partial charge < -0.3 is 10.1 Å². The zero-order valence-electron chi connectivity index (χ0n) is 15.6. The molecule has 2 aromatic rings. The minimum atomic E-state index is -3.54. The molecule has 1 aliphatic heterocycles. The number of hydrogen-bond donors (Lipinski definition) is 1. The van der Waals surface area contributed by atoms with Gasteiger partial charge in [0.05, 0.1) is 18.1 Å². The standard InChI is InChI=1S/C18H19N5O5S/c1-29(26,27)22-9-5-8-15(22)18(25)28-12-16(24)21-17-13(10-19)11-20-23(17)14-6-3-2-4-7-14/h2-4,6-7,11,15H,5,8-9,12H2,1H3,(H,21,24)/t15-/m0/s1. The first-order valence-electron chi connectivity index (χ1n) is 8.78. The first-order valence-corrected chi connectivity index (χ1v) is 10.6. The summed E-state index contributed by atoms with van der Waals surface area (Å²) in [6, 6.07) is 9.91. The number of hydrogen-bond acceptors (Lipinski definition) is 7. The Bertz CT molecular complexity index is 1060. The van der Waals surface area contributed by atoms with E-state index in [0.29, 0.717) is 18.5 Å². The van der Waals surface area contributed by atoms with Crippen LogP contribution in [-0.2, 0) is 24.3 Å². The molecule has 1 aliphatic rings. The fourth-order valence-electron chi connectivity index (χ4n) is 3.09. The molecule has 1 amide bonds. The van der Waals surface area contributed by atoms with Gasteiger partial charge in [0, 0.05) is 6.54 Å². The number of nitrogens with one attached hydrogen (secondary N) is 1. The topological polar surface area (TPSA) is 134 Å². The van der Waals surface area contributed by atoms with Gasteiger partial charge in [-0.15, -0.1) is 0 Å². The van der Waals surface area contributed by atoms with Crippen LogP contribution in [0.5, 0.6) is 0 Å². The number of carbonyl (C=O) groups is 2. The van der Waals surface area contributed by atoms with Crippen LogP contribution in [0.3, 0.4) is 0 Å². The van der Waals surface area contributed by atoms with E-state index < -0.39 is 34.5 Å². The molecule has 0 bridgehead atoms. The lowest BCUT2D eigenvalue weighted by molar-refractivity contribution is -0.150. The van der Waals surface area contributed by atoms with Gasteiger partial charge in [0.1, 0.15) is 17.7 Å². The number of esters is 1. The lowest BCUT2D eigenvalue weighted by Crippen LogP contribution is -2.41. The molecule has 0 radical (unpaired) electrons. The second-order valence-electron chi connectivity index (χ2n) is 6.45. The van der Waals surface area contributed by atoms with Gasteiger partial charge in [-0.3, -0.25) is 9.59 Å². The van der Waals surface area contributed by atoms with Crippen molar-refractivity contribution in [3.63, 3.8) is 0 Å². The molecule has 2 heterocycles. The van der Waals surface area contributed by atoms with Crippen molar-refractivity contribution in [1.82, 2.24) is 14.1 Å². The molecule has 1 saturated heterocycles. The van der Waals surface area contributed by atoms with Gasteiger partial charge in [-0.1, -0.05) is 18.2 Å². The van der Waals surface area contributed by atoms with Gasteiger partial charge in [-0.2, -0.15) is 14.7 Å². The number of para-hydroxylation sites is 1. The van der Waals surface area contributed by atoms with Crippen molar-refractivity contribution in [2.24, 2.45) is 0 Å². The van der Waals surface area contributed by atoms with Gasteiger partial charge in [-0.25, -0.2) is 13.1 Å². The molecule has 1 atom stereocenters. The van der Waals surface area contributed by atoms with Crippen LogP contribution in [0.2, 0.25) is 0 Å². The highest BCUT2D eigenvalue weighted by Gasteiger charge is 2.37. The summed E-state index contributed by atoms with van der Waals surface area (Å²) in [5.41, 5.74) is 0.781. The van der Waals surface area contributed by atoms with Crippen LogP contribution in [-0.4, -0.2) is 59.8 Å². The molecule has 0 saturated carbocycles. The van der Waals surface area contributed by atoms with Crippen molar-refractivity contribution >= 4 is 27.7 Å².